The first-order chi connectivity index (χ1) is 22.0. The van der Waals surface area contributed by atoms with Gasteiger partial charge in [0, 0.05) is 5.56 Å². The standard InChI is InChI=1S/2C12H11NO2.C8H8O.C4H5NO2/c2*1-9(10-7-5-4-6-8-10)11(13-2)12(14)15-3;1-7(9)8-5-3-2-4-6-8;1-5-3-4(6)7-2/h2*4-8H,1,3H3;2-6H,1H3;3H2,2H3/b11-9+;11-9-;;. The number of hydrogen-bond donors (Lipinski definition) is 0. The predicted octanol–water partition coefficient (Wildman–Crippen LogP) is 6.99. The molecule has 0 aliphatic heterocycles. The molecule has 3 rings (SSSR count). The van der Waals surface area contributed by atoms with Crippen molar-refractivity contribution >= 4 is 34.8 Å². The molecule has 10 nitrogen and oxygen atoms in total. The van der Waals surface area contributed by atoms with Crippen molar-refractivity contribution in [2.24, 2.45) is 0 Å². The molecule has 0 bridgehead atoms. The SMILES string of the molecule is CC(=O)c1ccccc1.[C-]#[N+]/C(C(=O)OC)=C(/C)c1ccccc1.[C-]#[N+]/C(C(=O)OC)=C(\C)c1ccccc1.[C-]#[N+]CC(=O)OC. The molecule has 3 aromatic rings. The van der Waals surface area contributed by atoms with E-state index in [0.29, 0.717) is 11.1 Å². The van der Waals surface area contributed by atoms with Gasteiger partial charge in [0.25, 0.3) is 11.4 Å². The number of Topliss-reactive ketones (excluding diaryl/α,β-unsaturated/α-hetero) is 1. The lowest BCUT2D eigenvalue weighted by Crippen LogP contribution is -2.03. The topological polar surface area (TPSA) is 109 Å². The zero-order valence-corrected chi connectivity index (χ0v) is 26.6. The van der Waals surface area contributed by atoms with Gasteiger partial charge in [-0.15, -0.1) is 0 Å². The molecule has 0 unspecified atom stereocenters. The van der Waals surface area contributed by atoms with E-state index in [4.69, 9.17) is 19.7 Å². The van der Waals surface area contributed by atoms with Crippen molar-refractivity contribution in [2.45, 2.75) is 20.8 Å². The molecule has 0 amide bonds. The number of hydrogen-bond acceptors (Lipinski definition) is 7. The maximum Gasteiger partial charge on any atom is 0.386 e. The van der Waals surface area contributed by atoms with E-state index in [0.717, 1.165) is 16.7 Å². The number of nitrogens with zero attached hydrogens (tertiary/aromatic N) is 3. The van der Waals surface area contributed by atoms with Crippen LogP contribution in [0, 0.1) is 19.7 Å². The molecule has 3 aromatic carbocycles. The van der Waals surface area contributed by atoms with Gasteiger partial charge in [0.15, 0.2) is 5.78 Å². The fraction of sp³-hybridized carbons (Fsp3) is 0.194. The van der Waals surface area contributed by atoms with Gasteiger partial charge in [0.05, 0.1) is 34.5 Å². The highest BCUT2D eigenvalue weighted by Crippen LogP contribution is 2.20. The Hall–Kier alpha value is -6.31. The zero-order chi connectivity index (χ0) is 34.9. The Bertz CT molecular complexity index is 1540. The fourth-order valence-corrected chi connectivity index (χ4v) is 3.21. The lowest BCUT2D eigenvalue weighted by molar-refractivity contribution is -0.138. The maximum absolute atomic E-state index is 11.3. The molecule has 46 heavy (non-hydrogen) atoms. The maximum atomic E-state index is 11.3. The van der Waals surface area contributed by atoms with Gasteiger partial charge in [-0.25, -0.2) is 21.1 Å². The minimum Gasteiger partial charge on any atom is -0.474 e. The molecule has 0 N–H and O–H groups in total. The molecule has 0 saturated heterocycles. The van der Waals surface area contributed by atoms with Gasteiger partial charge in [0.1, 0.15) is 0 Å². The predicted molar refractivity (Wildman–Crippen MR) is 175 cm³/mol. The van der Waals surface area contributed by atoms with Gasteiger partial charge >= 0.3 is 24.5 Å². The van der Waals surface area contributed by atoms with E-state index >= 15 is 0 Å². The first-order valence-corrected chi connectivity index (χ1v) is 13.4. The van der Waals surface area contributed by atoms with Crippen LogP contribution in [0.1, 0.15) is 42.3 Å². The van der Waals surface area contributed by atoms with Crippen molar-refractivity contribution in [3.05, 3.63) is 153 Å². The Labute approximate surface area is 270 Å². The molecule has 0 radical (unpaired) electrons. The summed E-state index contributed by atoms with van der Waals surface area (Å²) >= 11 is 0. The monoisotopic (exact) mass is 621 g/mol. The van der Waals surface area contributed by atoms with Crippen molar-refractivity contribution in [3.8, 4) is 0 Å². The summed E-state index contributed by atoms with van der Waals surface area (Å²) in [5.41, 5.74) is 3.82. The highest BCUT2D eigenvalue weighted by molar-refractivity contribution is 5.99. The Kier molecular flexibility index (Phi) is 20.0. The zero-order valence-electron chi connectivity index (χ0n) is 26.6. The molecule has 0 fully saturated rings. The van der Waals surface area contributed by atoms with Gasteiger partial charge < -0.3 is 19.1 Å². The minimum absolute atomic E-state index is 0.0312. The van der Waals surface area contributed by atoms with Crippen LogP contribution in [0.5, 0.6) is 0 Å². The summed E-state index contributed by atoms with van der Waals surface area (Å²) in [6.45, 7) is 24.9. The Morgan fingerprint density at radius 3 is 1.07 bits per heavy atom. The Balaban J connectivity index is 0.000000614. The molecule has 0 spiro atoms. The van der Waals surface area contributed by atoms with Crippen LogP contribution in [0.2, 0.25) is 0 Å². The number of methoxy groups -OCH3 is 3. The highest BCUT2D eigenvalue weighted by Gasteiger charge is 2.15. The van der Waals surface area contributed by atoms with Crippen molar-refractivity contribution in [2.75, 3.05) is 27.9 Å². The molecular formula is C36H35N3O7. The van der Waals surface area contributed by atoms with Gasteiger partial charge in [-0.2, -0.15) is 0 Å². The van der Waals surface area contributed by atoms with E-state index in [1.165, 1.54) is 21.3 Å². The number of esters is 3. The molecule has 0 heterocycles. The van der Waals surface area contributed by atoms with E-state index in [2.05, 4.69) is 28.7 Å². The molecule has 10 heteroatoms. The summed E-state index contributed by atoms with van der Waals surface area (Å²) in [4.78, 5) is 52.3. The Morgan fingerprint density at radius 2 is 0.870 bits per heavy atom. The fourth-order valence-electron chi connectivity index (χ4n) is 3.21. The number of ketones is 1. The van der Waals surface area contributed by atoms with Gasteiger partial charge in [-0.05, 0) is 43.0 Å². The van der Waals surface area contributed by atoms with Crippen LogP contribution in [-0.4, -0.2) is 51.6 Å². The van der Waals surface area contributed by atoms with Crippen LogP contribution in [0.3, 0.4) is 0 Å². The minimum atomic E-state index is -0.591. The third-order valence-corrected chi connectivity index (χ3v) is 5.72. The summed E-state index contributed by atoms with van der Waals surface area (Å²) < 4.78 is 13.2. The number of rotatable bonds is 6. The molecule has 0 aromatic heterocycles. The number of carbonyl (C=O) groups excluding carboxylic acids is 4. The third kappa shape index (κ3) is 14.7. The molecule has 0 aliphatic carbocycles. The summed E-state index contributed by atoms with van der Waals surface area (Å²) in [6.07, 6.45) is 0. The van der Waals surface area contributed by atoms with Crippen LogP contribution in [0.25, 0.3) is 25.7 Å². The van der Waals surface area contributed by atoms with Gasteiger partial charge in [-0.3, -0.25) is 14.4 Å². The van der Waals surface area contributed by atoms with E-state index < -0.39 is 17.9 Å². The highest BCUT2D eigenvalue weighted by atomic mass is 16.5. The second-order valence-electron chi connectivity index (χ2n) is 8.70. The number of allylic oxidation sites excluding steroid dienone is 2. The van der Waals surface area contributed by atoms with Crippen LogP contribution in [0.15, 0.2) is 102 Å². The molecule has 236 valence electrons. The van der Waals surface area contributed by atoms with E-state index in [9.17, 15) is 19.2 Å². The lowest BCUT2D eigenvalue weighted by Gasteiger charge is -2.03. The lowest BCUT2D eigenvalue weighted by atomic mass is 10.1. The number of carbonyl (C=O) groups is 4. The summed E-state index contributed by atoms with van der Waals surface area (Å²) in [7, 11) is 3.80. The van der Waals surface area contributed by atoms with E-state index in [1.54, 1.807) is 20.8 Å². The molecule has 0 saturated carbocycles. The van der Waals surface area contributed by atoms with Gasteiger partial charge in [0.2, 0.25) is 0 Å². The van der Waals surface area contributed by atoms with Crippen LogP contribution in [-0.2, 0) is 28.6 Å². The summed E-state index contributed by atoms with van der Waals surface area (Å²) in [5.74, 6) is -1.54. The van der Waals surface area contributed by atoms with Crippen molar-refractivity contribution < 1.29 is 33.4 Å². The average molecular weight is 622 g/mol. The van der Waals surface area contributed by atoms with Crippen molar-refractivity contribution in [1.82, 2.24) is 0 Å². The first-order valence-electron chi connectivity index (χ1n) is 13.4. The second kappa shape index (κ2) is 23.2. The number of ether oxygens (including phenoxy) is 3. The molecule has 0 atom stereocenters. The van der Waals surface area contributed by atoms with Gasteiger partial charge in [-0.1, -0.05) is 91.0 Å². The summed E-state index contributed by atoms with van der Waals surface area (Å²) in [5, 5.41) is 0. The summed E-state index contributed by atoms with van der Waals surface area (Å²) in [6, 6.07) is 27.8. The van der Waals surface area contributed by atoms with E-state index in [-0.39, 0.29) is 23.7 Å². The third-order valence-electron chi connectivity index (χ3n) is 5.72. The van der Waals surface area contributed by atoms with E-state index in [1.807, 2.05) is 91.0 Å². The molecule has 0 aliphatic rings. The van der Waals surface area contributed by atoms with Crippen LogP contribution in [0.4, 0.5) is 0 Å². The van der Waals surface area contributed by atoms with Crippen LogP contribution >= 0.6 is 0 Å². The van der Waals surface area contributed by atoms with Crippen molar-refractivity contribution in [3.63, 3.8) is 0 Å². The van der Waals surface area contributed by atoms with Crippen LogP contribution < -0.4 is 0 Å². The van der Waals surface area contributed by atoms with Crippen molar-refractivity contribution in [1.29, 1.82) is 0 Å². The average Bonchev–Trinajstić information content (AvgIpc) is 3.10. The number of benzene rings is 3. The largest absolute Gasteiger partial charge is 0.474 e. The Morgan fingerprint density at radius 1 is 0.543 bits per heavy atom. The first kappa shape index (κ1) is 39.7. The normalized spacial score (nSPS) is 10.2. The smallest absolute Gasteiger partial charge is 0.386 e. The quantitative estimate of drug-likeness (QED) is 0.0960. The molecular weight excluding hydrogens is 586 g/mol. The second-order valence-corrected chi connectivity index (χ2v) is 8.70.